The lowest BCUT2D eigenvalue weighted by atomic mass is 9.95. The molecular formula is C16H22Cl2N2O3. The zero-order valence-electron chi connectivity index (χ0n) is 13.5. The van der Waals surface area contributed by atoms with E-state index in [-0.39, 0.29) is 17.7 Å². The molecule has 0 spiro atoms. The molecule has 23 heavy (non-hydrogen) atoms. The maximum Gasteiger partial charge on any atom is 0.260 e. The van der Waals surface area contributed by atoms with Gasteiger partial charge in [0.15, 0.2) is 6.10 Å². The SMILES string of the molecule is CC(Oc1ccc(Cl)cc1)C(=O)NCCNC(=O)C(C)(C)CCl. The van der Waals surface area contributed by atoms with Crippen molar-refractivity contribution >= 4 is 35.0 Å². The number of rotatable bonds is 8. The van der Waals surface area contributed by atoms with E-state index in [9.17, 15) is 9.59 Å². The van der Waals surface area contributed by atoms with Gasteiger partial charge in [-0.15, -0.1) is 11.6 Å². The third-order valence-electron chi connectivity index (χ3n) is 3.15. The van der Waals surface area contributed by atoms with E-state index in [1.807, 2.05) is 0 Å². The first-order valence-electron chi connectivity index (χ1n) is 7.30. The van der Waals surface area contributed by atoms with Crippen LogP contribution in [0, 0.1) is 5.41 Å². The Balaban J connectivity index is 2.30. The van der Waals surface area contributed by atoms with E-state index in [0.717, 1.165) is 0 Å². The first-order chi connectivity index (χ1) is 10.8. The summed E-state index contributed by atoms with van der Waals surface area (Å²) in [4.78, 5) is 23.7. The molecule has 0 bridgehead atoms. The third-order valence-corrected chi connectivity index (χ3v) is 4.07. The molecule has 2 amide bonds. The van der Waals surface area contributed by atoms with E-state index in [1.54, 1.807) is 45.0 Å². The molecule has 1 unspecified atom stereocenters. The van der Waals surface area contributed by atoms with Crippen LogP contribution in [0.2, 0.25) is 5.02 Å². The molecule has 0 aromatic heterocycles. The maximum atomic E-state index is 11.9. The second-order valence-electron chi connectivity index (χ2n) is 5.78. The topological polar surface area (TPSA) is 67.4 Å². The average molecular weight is 361 g/mol. The van der Waals surface area contributed by atoms with Gasteiger partial charge < -0.3 is 15.4 Å². The number of carbonyl (C=O) groups excluding carboxylic acids is 2. The second-order valence-corrected chi connectivity index (χ2v) is 6.48. The van der Waals surface area contributed by atoms with Gasteiger partial charge in [0, 0.05) is 24.0 Å². The van der Waals surface area contributed by atoms with E-state index >= 15 is 0 Å². The van der Waals surface area contributed by atoms with Crippen LogP contribution < -0.4 is 15.4 Å². The minimum Gasteiger partial charge on any atom is -0.481 e. The molecule has 1 atom stereocenters. The number of hydrogen-bond donors (Lipinski definition) is 2. The maximum absolute atomic E-state index is 11.9. The first-order valence-corrected chi connectivity index (χ1v) is 8.21. The number of alkyl halides is 1. The Hall–Kier alpha value is -1.46. The van der Waals surface area contributed by atoms with Crippen molar-refractivity contribution in [3.05, 3.63) is 29.3 Å². The molecule has 128 valence electrons. The number of amides is 2. The van der Waals surface area contributed by atoms with E-state index in [1.165, 1.54) is 0 Å². The van der Waals surface area contributed by atoms with Crippen molar-refractivity contribution in [2.45, 2.75) is 26.9 Å². The molecule has 0 aliphatic carbocycles. The Bertz CT molecular complexity index is 533. The number of benzene rings is 1. The van der Waals surface area contributed by atoms with Crippen molar-refractivity contribution in [2.24, 2.45) is 5.41 Å². The molecule has 0 heterocycles. The fourth-order valence-corrected chi connectivity index (χ4v) is 1.82. The standard InChI is InChI=1S/C16H22Cl2N2O3/c1-11(23-13-6-4-12(18)5-7-13)14(21)19-8-9-20-15(22)16(2,3)10-17/h4-7,11H,8-10H2,1-3H3,(H,19,21)(H,20,22). The smallest absolute Gasteiger partial charge is 0.260 e. The first kappa shape index (κ1) is 19.6. The van der Waals surface area contributed by atoms with Crippen molar-refractivity contribution in [2.75, 3.05) is 19.0 Å². The summed E-state index contributed by atoms with van der Waals surface area (Å²) in [6.07, 6.45) is -0.647. The van der Waals surface area contributed by atoms with E-state index in [2.05, 4.69) is 10.6 Å². The summed E-state index contributed by atoms with van der Waals surface area (Å²) < 4.78 is 5.51. The quantitative estimate of drug-likeness (QED) is 0.553. The molecule has 7 heteroatoms. The second kappa shape index (κ2) is 8.99. The van der Waals surface area contributed by atoms with Crippen LogP contribution in [0.15, 0.2) is 24.3 Å². The summed E-state index contributed by atoms with van der Waals surface area (Å²) in [5.74, 6) is 0.393. The summed E-state index contributed by atoms with van der Waals surface area (Å²) >= 11 is 11.5. The summed E-state index contributed by atoms with van der Waals surface area (Å²) in [6, 6.07) is 6.77. The Labute approximate surface area is 146 Å². The van der Waals surface area contributed by atoms with Gasteiger partial charge in [-0.05, 0) is 45.0 Å². The van der Waals surface area contributed by atoms with Gasteiger partial charge in [0.2, 0.25) is 5.91 Å². The Kier molecular flexibility index (Phi) is 7.65. The Morgan fingerprint density at radius 3 is 2.30 bits per heavy atom. The van der Waals surface area contributed by atoms with Gasteiger partial charge in [-0.1, -0.05) is 11.6 Å². The monoisotopic (exact) mass is 360 g/mol. The van der Waals surface area contributed by atoms with Crippen LogP contribution in [0.4, 0.5) is 0 Å². The number of hydrogen-bond acceptors (Lipinski definition) is 3. The van der Waals surface area contributed by atoms with Crippen molar-refractivity contribution < 1.29 is 14.3 Å². The molecule has 5 nitrogen and oxygen atoms in total. The lowest BCUT2D eigenvalue weighted by molar-refractivity contribution is -0.129. The third kappa shape index (κ3) is 6.67. The molecule has 1 aromatic carbocycles. The largest absolute Gasteiger partial charge is 0.481 e. The minimum atomic E-state index is -0.647. The molecule has 2 N–H and O–H groups in total. The predicted octanol–water partition coefficient (Wildman–Crippen LogP) is 2.60. The summed E-state index contributed by atoms with van der Waals surface area (Å²) in [7, 11) is 0. The molecule has 0 aliphatic heterocycles. The van der Waals surface area contributed by atoms with Gasteiger partial charge in [-0.2, -0.15) is 0 Å². The lowest BCUT2D eigenvalue weighted by Crippen LogP contribution is -2.44. The number of ether oxygens (including phenoxy) is 1. The van der Waals surface area contributed by atoms with E-state index in [0.29, 0.717) is 23.9 Å². The average Bonchev–Trinajstić information content (AvgIpc) is 2.53. The fraction of sp³-hybridized carbons (Fsp3) is 0.500. The van der Waals surface area contributed by atoms with Gasteiger partial charge in [-0.25, -0.2) is 0 Å². The molecule has 1 rings (SSSR count). The van der Waals surface area contributed by atoms with Crippen LogP contribution in [0.5, 0.6) is 5.75 Å². The van der Waals surface area contributed by atoms with Crippen LogP contribution in [-0.2, 0) is 9.59 Å². The van der Waals surface area contributed by atoms with Crippen molar-refractivity contribution in [1.29, 1.82) is 0 Å². The molecule has 1 aromatic rings. The highest BCUT2D eigenvalue weighted by Crippen LogP contribution is 2.17. The minimum absolute atomic E-state index is 0.146. The number of carbonyl (C=O) groups is 2. The normalized spacial score (nSPS) is 12.4. The van der Waals surface area contributed by atoms with E-state index in [4.69, 9.17) is 27.9 Å². The summed E-state index contributed by atoms with van der Waals surface area (Å²) in [5.41, 5.74) is -0.628. The number of nitrogens with one attached hydrogen (secondary N) is 2. The summed E-state index contributed by atoms with van der Waals surface area (Å²) in [6.45, 7) is 5.82. The molecule has 0 fully saturated rings. The van der Waals surface area contributed by atoms with Crippen molar-refractivity contribution in [3.8, 4) is 5.75 Å². The highest BCUT2D eigenvalue weighted by molar-refractivity contribution is 6.30. The highest BCUT2D eigenvalue weighted by atomic mass is 35.5. The van der Waals surface area contributed by atoms with Gasteiger partial charge >= 0.3 is 0 Å². The zero-order chi connectivity index (χ0) is 17.5. The van der Waals surface area contributed by atoms with Crippen LogP contribution in [0.25, 0.3) is 0 Å². The highest BCUT2D eigenvalue weighted by Gasteiger charge is 2.25. The Morgan fingerprint density at radius 1 is 1.17 bits per heavy atom. The van der Waals surface area contributed by atoms with Crippen molar-refractivity contribution in [3.63, 3.8) is 0 Å². The summed E-state index contributed by atoms with van der Waals surface area (Å²) in [5, 5.41) is 6.03. The Morgan fingerprint density at radius 2 is 1.74 bits per heavy atom. The van der Waals surface area contributed by atoms with Gasteiger partial charge in [0.25, 0.3) is 5.91 Å². The van der Waals surface area contributed by atoms with Crippen LogP contribution >= 0.6 is 23.2 Å². The zero-order valence-corrected chi connectivity index (χ0v) is 15.0. The predicted molar refractivity (Wildman–Crippen MR) is 92.1 cm³/mol. The van der Waals surface area contributed by atoms with E-state index < -0.39 is 11.5 Å². The van der Waals surface area contributed by atoms with Crippen molar-refractivity contribution in [1.82, 2.24) is 10.6 Å². The lowest BCUT2D eigenvalue weighted by Gasteiger charge is -2.20. The molecular weight excluding hydrogens is 339 g/mol. The molecule has 0 saturated carbocycles. The molecule has 0 radical (unpaired) electrons. The number of halogens is 2. The van der Waals surface area contributed by atoms with Crippen LogP contribution in [-0.4, -0.2) is 36.9 Å². The van der Waals surface area contributed by atoms with Crippen LogP contribution in [0.3, 0.4) is 0 Å². The molecule has 0 aliphatic rings. The molecule has 0 saturated heterocycles. The van der Waals surface area contributed by atoms with Gasteiger partial charge in [-0.3, -0.25) is 9.59 Å². The van der Waals surface area contributed by atoms with Gasteiger partial charge in [0.1, 0.15) is 5.75 Å². The van der Waals surface area contributed by atoms with Gasteiger partial charge in [0.05, 0.1) is 5.41 Å². The van der Waals surface area contributed by atoms with Crippen LogP contribution in [0.1, 0.15) is 20.8 Å². The fourth-order valence-electron chi connectivity index (χ4n) is 1.58.